The third-order valence-corrected chi connectivity index (χ3v) is 8.13. The number of sulfone groups is 1. The minimum Gasteiger partial charge on any atom is -0.348 e. The molecule has 1 aliphatic heterocycles. The van der Waals surface area contributed by atoms with E-state index >= 15 is 0 Å². The molecule has 0 spiro atoms. The second kappa shape index (κ2) is 7.75. The third kappa shape index (κ3) is 4.27. The number of hydrogen-bond donors (Lipinski definition) is 1. The van der Waals surface area contributed by atoms with Gasteiger partial charge in [-0.15, -0.1) is 11.3 Å². The Kier molecular flexibility index (Phi) is 5.36. The van der Waals surface area contributed by atoms with E-state index in [0.717, 1.165) is 36.3 Å². The van der Waals surface area contributed by atoms with Gasteiger partial charge in [-0.2, -0.15) is 5.10 Å². The molecule has 0 bridgehead atoms. The van der Waals surface area contributed by atoms with Crippen LogP contribution < -0.4 is 5.32 Å². The molecule has 1 amide bonds. The predicted molar refractivity (Wildman–Crippen MR) is 107 cm³/mol. The van der Waals surface area contributed by atoms with Crippen molar-refractivity contribution in [3.05, 3.63) is 29.3 Å². The molecule has 8 heteroatoms. The van der Waals surface area contributed by atoms with Gasteiger partial charge in [0.05, 0.1) is 28.1 Å². The van der Waals surface area contributed by atoms with E-state index in [1.54, 1.807) is 16.0 Å². The van der Waals surface area contributed by atoms with Crippen LogP contribution in [-0.4, -0.2) is 41.7 Å². The number of thiophene rings is 1. The smallest absolute Gasteiger partial charge is 0.272 e. The van der Waals surface area contributed by atoms with E-state index in [9.17, 15) is 13.2 Å². The number of carbonyl (C=O) groups excluding carboxylic acids is 1. The molecule has 0 radical (unpaired) electrons. The van der Waals surface area contributed by atoms with Gasteiger partial charge in [-0.3, -0.25) is 9.48 Å². The van der Waals surface area contributed by atoms with E-state index in [2.05, 4.69) is 10.4 Å². The maximum absolute atomic E-state index is 12.8. The first-order valence-corrected chi connectivity index (χ1v) is 12.4. The van der Waals surface area contributed by atoms with Crippen LogP contribution in [0.1, 0.15) is 61.5 Å². The van der Waals surface area contributed by atoms with Gasteiger partial charge in [-0.05, 0) is 36.8 Å². The molecule has 2 aliphatic rings. The molecule has 2 fully saturated rings. The average molecular weight is 408 g/mol. The van der Waals surface area contributed by atoms with Crippen LogP contribution in [0.15, 0.2) is 23.6 Å². The lowest BCUT2D eigenvalue weighted by Gasteiger charge is -2.15. The van der Waals surface area contributed by atoms with E-state index in [1.807, 2.05) is 23.6 Å². The van der Waals surface area contributed by atoms with E-state index in [0.29, 0.717) is 12.1 Å². The molecule has 146 valence electrons. The van der Waals surface area contributed by atoms with Crippen molar-refractivity contribution in [3.8, 4) is 10.6 Å². The summed E-state index contributed by atoms with van der Waals surface area (Å²) in [5.74, 6) is 0.126. The molecule has 1 atom stereocenters. The van der Waals surface area contributed by atoms with Crippen molar-refractivity contribution < 1.29 is 13.2 Å². The van der Waals surface area contributed by atoms with E-state index in [-0.39, 0.29) is 29.5 Å². The summed E-state index contributed by atoms with van der Waals surface area (Å²) in [5, 5.41) is 9.66. The van der Waals surface area contributed by atoms with Crippen molar-refractivity contribution in [2.75, 3.05) is 11.5 Å². The van der Waals surface area contributed by atoms with Gasteiger partial charge in [0.25, 0.3) is 5.91 Å². The molecule has 2 aromatic heterocycles. The number of nitrogens with one attached hydrogen (secondary N) is 1. The van der Waals surface area contributed by atoms with Crippen molar-refractivity contribution in [3.63, 3.8) is 0 Å². The number of nitrogens with zero attached hydrogens (tertiary/aromatic N) is 2. The Balaban J connectivity index is 1.60. The second-order valence-electron chi connectivity index (χ2n) is 7.56. The van der Waals surface area contributed by atoms with E-state index in [1.165, 1.54) is 12.8 Å². The first kappa shape index (κ1) is 18.7. The summed E-state index contributed by atoms with van der Waals surface area (Å²) in [7, 11) is -3.02. The number of carbonyl (C=O) groups is 1. The molecule has 0 aromatic carbocycles. The molecule has 4 rings (SSSR count). The van der Waals surface area contributed by atoms with Crippen molar-refractivity contribution in [1.82, 2.24) is 15.1 Å². The maximum Gasteiger partial charge on any atom is 0.272 e. The van der Waals surface area contributed by atoms with Crippen LogP contribution >= 0.6 is 11.3 Å². The summed E-state index contributed by atoms with van der Waals surface area (Å²) < 4.78 is 25.6. The molecule has 3 heterocycles. The SMILES string of the molecule is O=C(NC1CCCCCC1)c1cc(-c2cccs2)n([C@@H]2CCS(=O)(=O)C2)n1. The van der Waals surface area contributed by atoms with Gasteiger partial charge in [0.15, 0.2) is 15.5 Å². The number of rotatable bonds is 4. The minimum atomic E-state index is -3.02. The van der Waals surface area contributed by atoms with Crippen LogP contribution in [0.5, 0.6) is 0 Å². The Morgan fingerprint density at radius 2 is 1.96 bits per heavy atom. The Bertz CT molecular complexity index is 895. The molecule has 1 aliphatic carbocycles. The maximum atomic E-state index is 12.8. The zero-order chi connectivity index (χ0) is 18.9. The molecule has 2 aromatic rings. The topological polar surface area (TPSA) is 81.1 Å². The van der Waals surface area contributed by atoms with Crippen molar-refractivity contribution >= 4 is 27.1 Å². The second-order valence-corrected chi connectivity index (χ2v) is 10.7. The summed E-state index contributed by atoms with van der Waals surface area (Å²) >= 11 is 1.57. The van der Waals surface area contributed by atoms with Crippen molar-refractivity contribution in [2.45, 2.75) is 57.0 Å². The highest BCUT2D eigenvalue weighted by atomic mass is 32.2. The molecule has 1 saturated heterocycles. The summed E-state index contributed by atoms with van der Waals surface area (Å²) in [6.45, 7) is 0. The van der Waals surface area contributed by atoms with Crippen molar-refractivity contribution in [2.24, 2.45) is 0 Å². The standard InChI is InChI=1S/C19H25N3O3S2/c23-19(20-14-6-3-1-2-4-7-14)16-12-17(18-8-5-10-26-18)22(21-16)15-9-11-27(24,25)13-15/h5,8,10,12,14-15H,1-4,6-7,9,11,13H2,(H,20,23)/t15-/m1/s1. The highest BCUT2D eigenvalue weighted by Gasteiger charge is 2.32. The Morgan fingerprint density at radius 1 is 1.19 bits per heavy atom. The number of aromatic nitrogens is 2. The van der Waals surface area contributed by atoms with Crippen molar-refractivity contribution in [1.29, 1.82) is 0 Å². The Morgan fingerprint density at radius 3 is 2.59 bits per heavy atom. The van der Waals surface area contributed by atoms with Gasteiger partial charge in [-0.1, -0.05) is 31.7 Å². The first-order valence-electron chi connectivity index (χ1n) is 9.66. The van der Waals surface area contributed by atoms with Crippen LogP contribution in [-0.2, 0) is 9.84 Å². The molecular weight excluding hydrogens is 382 g/mol. The fourth-order valence-electron chi connectivity index (χ4n) is 4.04. The third-order valence-electron chi connectivity index (χ3n) is 5.49. The van der Waals surface area contributed by atoms with Gasteiger partial charge >= 0.3 is 0 Å². The quantitative estimate of drug-likeness (QED) is 0.788. The Hall–Kier alpha value is -1.67. The van der Waals surface area contributed by atoms with Gasteiger partial charge < -0.3 is 5.32 Å². The zero-order valence-electron chi connectivity index (χ0n) is 15.3. The molecule has 1 N–H and O–H groups in total. The average Bonchev–Trinajstić information content (AvgIpc) is 3.32. The monoisotopic (exact) mass is 407 g/mol. The fourth-order valence-corrected chi connectivity index (χ4v) is 6.47. The van der Waals surface area contributed by atoms with Gasteiger partial charge in [0, 0.05) is 6.04 Å². The van der Waals surface area contributed by atoms with Gasteiger partial charge in [-0.25, -0.2) is 8.42 Å². The summed E-state index contributed by atoms with van der Waals surface area (Å²) in [4.78, 5) is 13.8. The fraction of sp³-hybridized carbons (Fsp3) is 0.579. The van der Waals surface area contributed by atoms with E-state index < -0.39 is 9.84 Å². The predicted octanol–water partition coefficient (Wildman–Crippen LogP) is 3.42. The molecule has 1 saturated carbocycles. The summed E-state index contributed by atoms with van der Waals surface area (Å²) in [6, 6.07) is 5.75. The number of hydrogen-bond acceptors (Lipinski definition) is 5. The lowest BCUT2D eigenvalue weighted by molar-refractivity contribution is 0.0927. The lowest BCUT2D eigenvalue weighted by Crippen LogP contribution is -2.34. The lowest BCUT2D eigenvalue weighted by atomic mass is 10.1. The van der Waals surface area contributed by atoms with Crippen LogP contribution in [0.3, 0.4) is 0 Å². The normalized spacial score (nSPS) is 23.2. The zero-order valence-corrected chi connectivity index (χ0v) is 16.9. The summed E-state index contributed by atoms with van der Waals surface area (Å²) in [6.07, 6.45) is 7.36. The van der Waals surface area contributed by atoms with Crippen LogP contribution in [0.2, 0.25) is 0 Å². The number of amides is 1. The highest BCUT2D eigenvalue weighted by Crippen LogP contribution is 2.32. The molecule has 0 unspecified atom stereocenters. The molecule has 27 heavy (non-hydrogen) atoms. The van der Waals surface area contributed by atoms with E-state index in [4.69, 9.17) is 0 Å². The summed E-state index contributed by atoms with van der Waals surface area (Å²) in [5.41, 5.74) is 1.21. The van der Waals surface area contributed by atoms with Crippen LogP contribution in [0.25, 0.3) is 10.6 Å². The largest absolute Gasteiger partial charge is 0.348 e. The van der Waals surface area contributed by atoms with Gasteiger partial charge in [0.1, 0.15) is 0 Å². The first-order chi connectivity index (χ1) is 13.0. The van der Waals surface area contributed by atoms with Crippen LogP contribution in [0, 0.1) is 0 Å². The molecular formula is C19H25N3O3S2. The van der Waals surface area contributed by atoms with Crippen LogP contribution in [0.4, 0.5) is 0 Å². The molecule has 6 nitrogen and oxygen atoms in total. The minimum absolute atomic E-state index is 0.0940. The highest BCUT2D eigenvalue weighted by molar-refractivity contribution is 7.91. The Labute approximate surface area is 163 Å². The van der Waals surface area contributed by atoms with Gasteiger partial charge in [0.2, 0.25) is 0 Å².